The third-order valence-corrected chi connectivity index (χ3v) is 17.6. The lowest BCUT2D eigenvalue weighted by atomic mass is 9.94. The van der Waals surface area contributed by atoms with Crippen LogP contribution in [0.4, 0.5) is 0 Å². The van der Waals surface area contributed by atoms with Crippen LogP contribution in [0.3, 0.4) is 0 Å². The number of rotatable bonds is 26. The van der Waals surface area contributed by atoms with E-state index in [-0.39, 0.29) is 0 Å². The highest BCUT2D eigenvalue weighted by atomic mass is 31.1. The number of aryl methyl sites for hydroxylation is 8. The fourth-order valence-corrected chi connectivity index (χ4v) is 13.5. The second-order valence-electron chi connectivity index (χ2n) is 20.5. The molecule has 69 heavy (non-hydrogen) atoms. The molecular weight excluding hydrogens is 887 g/mol. The van der Waals surface area contributed by atoms with Gasteiger partial charge in [-0.05, 0) is 178 Å². The highest BCUT2D eigenvalue weighted by molar-refractivity contribution is 7.39. The molecule has 7 rings (SSSR count). The lowest BCUT2D eigenvalue weighted by molar-refractivity contribution is 0.611. The van der Waals surface area contributed by atoms with E-state index in [2.05, 4.69) is 113 Å². The van der Waals surface area contributed by atoms with Crippen LogP contribution in [-0.4, -0.2) is 26.2 Å². The summed E-state index contributed by atoms with van der Waals surface area (Å²) in [6, 6.07) is 19.8. The monoisotopic (exact) mass is 977 g/mol. The van der Waals surface area contributed by atoms with Crippen LogP contribution in [0.2, 0.25) is 0 Å². The standard InChI is InChI=1S/C61H90N2O4P2/c1-9-17-26-46-38-50(30-21-13-5)58-54(42-46)55-43-47(27-18-10-2)39-51(31-22-14-6)59(55)65-68(64-58)62-34-25-35-63(37-36-62)69-66-60-52(32-23-15-7)40-48(28-19-11-3)44-56(60)57-45-49(29-20-12-4)41-53(33-24-16-8)61(57)67-69/h38-45H,9-37H2,1-8H3. The van der Waals surface area contributed by atoms with Crippen molar-refractivity contribution in [2.75, 3.05) is 35.5 Å². The largest absolute Gasteiger partial charge is 0.408 e. The highest BCUT2D eigenvalue weighted by Gasteiger charge is 2.26. The van der Waals surface area contributed by atoms with Gasteiger partial charge in [0.1, 0.15) is 22.3 Å². The van der Waals surface area contributed by atoms with Crippen molar-refractivity contribution in [1.29, 1.82) is 0 Å². The molecule has 0 amide bonds. The summed E-state index contributed by atoms with van der Waals surface area (Å²) in [4.78, 5) is 0. The Hall–Kier alpha value is -3.40. The minimum atomic E-state index is -1.45. The van der Waals surface area contributed by atoms with E-state index < -0.39 is 16.3 Å². The first kappa shape index (κ1) is 53.4. The topological polar surface area (TPSA) is 59.0 Å². The van der Waals surface area contributed by atoms with Gasteiger partial charge in [0.25, 0.3) is 0 Å². The zero-order chi connectivity index (χ0) is 48.5. The maximum Gasteiger partial charge on any atom is 0.309 e. The molecule has 2 aromatic heterocycles. The second-order valence-corrected chi connectivity index (χ2v) is 23.3. The fourth-order valence-electron chi connectivity index (χ4n) is 10.4. The Morgan fingerprint density at radius 3 is 0.783 bits per heavy atom. The van der Waals surface area contributed by atoms with Crippen LogP contribution >= 0.6 is 16.3 Å². The zero-order valence-electron chi connectivity index (χ0n) is 44.5. The lowest BCUT2D eigenvalue weighted by Gasteiger charge is -2.18. The number of hydrogen-bond acceptors (Lipinski definition) is 6. The Kier molecular flexibility index (Phi) is 21.2. The summed E-state index contributed by atoms with van der Waals surface area (Å²) in [5.74, 6) is 0. The Morgan fingerprint density at radius 1 is 0.319 bits per heavy atom. The molecule has 0 spiro atoms. The highest BCUT2D eigenvalue weighted by Crippen LogP contribution is 2.44. The number of nitrogens with zero attached hydrogens (tertiary/aromatic N) is 2. The summed E-state index contributed by atoms with van der Waals surface area (Å²) in [5.41, 5.74) is 15.4. The number of hydrogen-bond donors (Lipinski definition) is 0. The van der Waals surface area contributed by atoms with E-state index in [4.69, 9.17) is 16.8 Å². The summed E-state index contributed by atoms with van der Waals surface area (Å²) in [6.45, 7) is 21.9. The van der Waals surface area contributed by atoms with Crippen molar-refractivity contribution < 1.29 is 16.8 Å². The van der Waals surface area contributed by atoms with Crippen molar-refractivity contribution in [1.82, 2.24) is 0 Å². The van der Waals surface area contributed by atoms with Crippen LogP contribution in [0.5, 0.6) is 0 Å². The predicted molar refractivity (Wildman–Crippen MR) is 302 cm³/mol. The van der Waals surface area contributed by atoms with Gasteiger partial charge in [0.2, 0.25) is 0 Å². The Labute approximate surface area is 419 Å². The van der Waals surface area contributed by atoms with Gasteiger partial charge in [-0.1, -0.05) is 131 Å². The Morgan fingerprint density at radius 2 is 0.551 bits per heavy atom. The zero-order valence-corrected chi connectivity index (χ0v) is 46.3. The molecule has 0 unspecified atom stereocenters. The summed E-state index contributed by atoms with van der Waals surface area (Å²) >= 11 is 0. The van der Waals surface area contributed by atoms with E-state index >= 15 is 0 Å². The molecule has 3 heterocycles. The summed E-state index contributed by atoms with van der Waals surface area (Å²) in [6.07, 6.45) is 28.2. The minimum absolute atomic E-state index is 0.816. The third kappa shape index (κ3) is 13.8. The van der Waals surface area contributed by atoms with Crippen molar-refractivity contribution in [3.05, 3.63) is 93.0 Å². The lowest BCUT2D eigenvalue weighted by Crippen LogP contribution is -2.27. The second kappa shape index (κ2) is 27.4. The van der Waals surface area contributed by atoms with Crippen molar-refractivity contribution in [2.24, 2.45) is 0 Å². The predicted octanol–water partition coefficient (Wildman–Crippen LogP) is 19.6. The van der Waals surface area contributed by atoms with E-state index in [0.717, 1.165) is 158 Å². The minimum Gasteiger partial charge on any atom is -0.408 e. The molecule has 1 fully saturated rings. The third-order valence-electron chi connectivity index (χ3n) is 14.5. The number of unbranched alkanes of at least 4 members (excludes halogenated alkanes) is 8. The first-order valence-corrected chi connectivity index (χ1v) is 30.6. The molecule has 1 saturated heterocycles. The normalized spacial score (nSPS) is 13.9. The SMILES string of the molecule is CCCCc1cc(CCCC)c2op(N3CCCN(p4oc5c(CCCC)cc(CCCC)cc5c5cc(CCCC)cc(CCCC)c5o4)CC3)oc3c(CCCC)cc(CCCC)cc3c2c1. The molecule has 0 bridgehead atoms. The molecule has 378 valence electrons. The first-order chi connectivity index (χ1) is 33.9. The van der Waals surface area contributed by atoms with Crippen molar-refractivity contribution in [3.63, 3.8) is 0 Å². The Balaban J connectivity index is 1.40. The van der Waals surface area contributed by atoms with Crippen molar-refractivity contribution >= 4 is 60.2 Å². The number of fused-ring (bicyclic) bond motifs is 6. The van der Waals surface area contributed by atoms with Gasteiger partial charge in [-0.25, -0.2) is 9.34 Å². The summed E-state index contributed by atoms with van der Waals surface area (Å²) < 4.78 is 35.0. The number of benzene rings is 4. The first-order valence-electron chi connectivity index (χ1n) is 28.3. The molecule has 4 aromatic carbocycles. The van der Waals surface area contributed by atoms with Gasteiger partial charge in [0.05, 0.1) is 0 Å². The smallest absolute Gasteiger partial charge is 0.309 e. The molecule has 6 nitrogen and oxygen atoms in total. The van der Waals surface area contributed by atoms with Crippen molar-refractivity contribution in [2.45, 2.75) is 216 Å². The average molecular weight is 977 g/mol. The fraction of sp³-hybridized carbons (Fsp3) is 0.607. The molecule has 8 heteroatoms. The van der Waals surface area contributed by atoms with Gasteiger partial charge < -0.3 is 16.8 Å². The van der Waals surface area contributed by atoms with Crippen molar-refractivity contribution in [3.8, 4) is 0 Å². The molecule has 0 saturated carbocycles. The molecule has 1 aliphatic heterocycles. The van der Waals surface area contributed by atoms with E-state index in [0.29, 0.717) is 0 Å². The summed E-state index contributed by atoms with van der Waals surface area (Å²) in [5, 5.41) is 4.99. The van der Waals surface area contributed by atoms with E-state index in [1.54, 1.807) is 0 Å². The molecular formula is C61H90N2O4P2. The van der Waals surface area contributed by atoms with Crippen LogP contribution in [0.25, 0.3) is 43.9 Å². The molecule has 1 aliphatic rings. The molecule has 0 aliphatic carbocycles. The van der Waals surface area contributed by atoms with E-state index in [1.165, 1.54) is 117 Å². The van der Waals surface area contributed by atoms with Gasteiger partial charge in [-0.3, -0.25) is 0 Å². The molecule has 0 N–H and O–H groups in total. The maximum atomic E-state index is 7.47. The van der Waals surface area contributed by atoms with Gasteiger partial charge in [0, 0.05) is 47.7 Å². The van der Waals surface area contributed by atoms with Gasteiger partial charge in [0.15, 0.2) is 0 Å². The molecule has 0 radical (unpaired) electrons. The molecule has 0 atom stereocenters. The average Bonchev–Trinajstić information content (AvgIpc) is 3.79. The summed E-state index contributed by atoms with van der Waals surface area (Å²) in [7, 11) is -2.89. The van der Waals surface area contributed by atoms with Gasteiger partial charge in [-0.2, -0.15) is 0 Å². The van der Waals surface area contributed by atoms with E-state index in [9.17, 15) is 0 Å². The van der Waals surface area contributed by atoms with Gasteiger partial charge in [-0.15, -0.1) is 0 Å². The van der Waals surface area contributed by atoms with Gasteiger partial charge >= 0.3 is 16.3 Å². The maximum absolute atomic E-state index is 7.47. The quantitative estimate of drug-likeness (QED) is 0.0540. The van der Waals surface area contributed by atoms with Crippen LogP contribution < -0.4 is 9.34 Å². The van der Waals surface area contributed by atoms with E-state index in [1.807, 2.05) is 0 Å². The van der Waals surface area contributed by atoms with Crippen LogP contribution in [-0.2, 0) is 51.4 Å². The Bertz CT molecular complexity index is 2300. The molecule has 6 aromatic rings. The van der Waals surface area contributed by atoms with Crippen LogP contribution in [0.1, 0.15) is 209 Å². The van der Waals surface area contributed by atoms with Crippen LogP contribution in [0, 0.1) is 0 Å². The van der Waals surface area contributed by atoms with Crippen LogP contribution in [0.15, 0.2) is 65.3 Å².